The van der Waals surface area contributed by atoms with Crippen LogP contribution in [0.3, 0.4) is 0 Å². The molecule has 2 nitrogen and oxygen atoms in total. The van der Waals surface area contributed by atoms with Gasteiger partial charge in [-0.15, -0.1) is 0 Å². The molecule has 3 unspecified atom stereocenters. The van der Waals surface area contributed by atoms with Crippen LogP contribution in [0, 0.1) is 5.92 Å². The first-order valence-electron chi connectivity index (χ1n) is 4.86. The van der Waals surface area contributed by atoms with Gasteiger partial charge in [-0.3, -0.25) is 0 Å². The Bertz CT molecular complexity index is 337. The molecule has 1 heterocycles. The average Bonchev–Trinajstić information content (AvgIpc) is 2.96. The van der Waals surface area contributed by atoms with Crippen LogP contribution in [-0.4, -0.2) is 17.8 Å². The number of fused-ring (bicyclic) bond motifs is 3. The highest BCUT2D eigenvalue weighted by Gasteiger charge is 2.47. The third kappa shape index (κ3) is 0.985. The van der Waals surface area contributed by atoms with E-state index in [1.54, 1.807) is 0 Å². The van der Waals surface area contributed by atoms with Crippen molar-refractivity contribution in [3.63, 3.8) is 0 Å². The van der Waals surface area contributed by atoms with Crippen molar-refractivity contribution < 1.29 is 5.11 Å². The van der Waals surface area contributed by atoms with Crippen molar-refractivity contribution >= 4 is 5.69 Å². The molecule has 1 saturated carbocycles. The molecule has 3 rings (SSSR count). The van der Waals surface area contributed by atoms with Crippen LogP contribution >= 0.6 is 0 Å². The second-order valence-electron chi connectivity index (χ2n) is 4.03. The van der Waals surface area contributed by atoms with Crippen molar-refractivity contribution in [1.29, 1.82) is 0 Å². The Hall–Kier alpha value is -1.02. The van der Waals surface area contributed by atoms with E-state index < -0.39 is 0 Å². The molecule has 1 aliphatic heterocycles. The van der Waals surface area contributed by atoms with E-state index in [0.29, 0.717) is 12.0 Å². The zero-order valence-corrected chi connectivity index (χ0v) is 7.40. The number of aliphatic hydroxyl groups is 1. The van der Waals surface area contributed by atoms with Crippen molar-refractivity contribution in [2.45, 2.75) is 18.4 Å². The molecule has 1 aliphatic carbocycles. The number of para-hydroxylation sites is 1. The van der Waals surface area contributed by atoms with Gasteiger partial charge < -0.3 is 10.4 Å². The van der Waals surface area contributed by atoms with E-state index in [-0.39, 0.29) is 6.61 Å². The van der Waals surface area contributed by atoms with E-state index in [9.17, 15) is 0 Å². The second-order valence-corrected chi connectivity index (χ2v) is 4.03. The van der Waals surface area contributed by atoms with E-state index in [2.05, 4.69) is 23.5 Å². The van der Waals surface area contributed by atoms with E-state index >= 15 is 0 Å². The molecule has 13 heavy (non-hydrogen) atoms. The van der Waals surface area contributed by atoms with E-state index in [1.807, 2.05) is 6.07 Å². The lowest BCUT2D eigenvalue weighted by Crippen LogP contribution is -2.29. The van der Waals surface area contributed by atoms with Gasteiger partial charge in [0.2, 0.25) is 0 Å². The number of anilines is 1. The predicted octanol–water partition coefficient (Wildman–Crippen LogP) is 1.58. The molecule has 3 atom stereocenters. The molecule has 0 bridgehead atoms. The number of benzene rings is 1. The molecular formula is C11H13NO. The van der Waals surface area contributed by atoms with Gasteiger partial charge in [-0.25, -0.2) is 0 Å². The molecule has 2 aliphatic rings. The summed E-state index contributed by atoms with van der Waals surface area (Å²) < 4.78 is 0. The maximum Gasteiger partial charge on any atom is 0.0635 e. The predicted molar refractivity (Wildman–Crippen MR) is 51.8 cm³/mol. The lowest BCUT2D eigenvalue weighted by atomic mass is 9.99. The molecule has 1 fully saturated rings. The fourth-order valence-corrected chi connectivity index (χ4v) is 2.46. The van der Waals surface area contributed by atoms with Gasteiger partial charge in [-0.1, -0.05) is 18.2 Å². The number of hydrogen-bond donors (Lipinski definition) is 2. The van der Waals surface area contributed by atoms with Crippen LogP contribution in [0.2, 0.25) is 0 Å². The zero-order chi connectivity index (χ0) is 8.84. The molecule has 0 amide bonds. The normalized spacial score (nSPS) is 34.4. The van der Waals surface area contributed by atoms with Gasteiger partial charge in [-0.05, 0) is 29.9 Å². The fourth-order valence-electron chi connectivity index (χ4n) is 2.46. The van der Waals surface area contributed by atoms with Crippen molar-refractivity contribution in [3.05, 3.63) is 29.8 Å². The van der Waals surface area contributed by atoms with Crippen LogP contribution in [0.15, 0.2) is 24.3 Å². The first-order chi connectivity index (χ1) is 6.40. The number of nitrogens with one attached hydrogen (secondary N) is 1. The van der Waals surface area contributed by atoms with Crippen LogP contribution in [0.5, 0.6) is 0 Å². The van der Waals surface area contributed by atoms with Gasteiger partial charge in [-0.2, -0.15) is 0 Å². The van der Waals surface area contributed by atoms with Crippen LogP contribution < -0.4 is 5.32 Å². The van der Waals surface area contributed by atoms with Gasteiger partial charge in [0.05, 0.1) is 12.6 Å². The Morgan fingerprint density at radius 3 is 3.08 bits per heavy atom. The van der Waals surface area contributed by atoms with Crippen LogP contribution in [0.25, 0.3) is 0 Å². The smallest absolute Gasteiger partial charge is 0.0635 e. The zero-order valence-electron chi connectivity index (χ0n) is 7.40. The topological polar surface area (TPSA) is 32.3 Å². The minimum absolute atomic E-state index is 0.259. The maximum atomic E-state index is 9.15. The molecule has 0 saturated heterocycles. The third-order valence-electron chi connectivity index (χ3n) is 3.25. The quantitative estimate of drug-likeness (QED) is 0.679. The lowest BCUT2D eigenvalue weighted by molar-refractivity contribution is 0.260. The van der Waals surface area contributed by atoms with E-state index in [0.717, 1.165) is 5.92 Å². The summed E-state index contributed by atoms with van der Waals surface area (Å²) in [5.41, 5.74) is 2.66. The SMILES string of the molecule is OCC1Nc2ccccc2C2CC12. The van der Waals surface area contributed by atoms with Gasteiger partial charge >= 0.3 is 0 Å². The van der Waals surface area contributed by atoms with E-state index in [1.165, 1.54) is 17.7 Å². The van der Waals surface area contributed by atoms with Gasteiger partial charge in [0, 0.05) is 5.69 Å². The summed E-state index contributed by atoms with van der Waals surface area (Å²) in [6, 6.07) is 8.73. The minimum Gasteiger partial charge on any atom is -0.394 e. The highest BCUT2D eigenvalue weighted by Crippen LogP contribution is 2.55. The Morgan fingerprint density at radius 2 is 2.23 bits per heavy atom. The minimum atomic E-state index is 0.259. The highest BCUT2D eigenvalue weighted by molar-refractivity contribution is 5.58. The summed E-state index contributed by atoms with van der Waals surface area (Å²) in [6.45, 7) is 0.259. The molecule has 1 aromatic rings. The third-order valence-corrected chi connectivity index (χ3v) is 3.25. The molecule has 0 aromatic heterocycles. The van der Waals surface area contributed by atoms with Crippen molar-refractivity contribution in [3.8, 4) is 0 Å². The number of hydrogen-bond acceptors (Lipinski definition) is 2. The maximum absolute atomic E-state index is 9.15. The molecular weight excluding hydrogens is 162 g/mol. The Balaban J connectivity index is 2.01. The molecule has 2 N–H and O–H groups in total. The number of rotatable bonds is 1. The monoisotopic (exact) mass is 175 g/mol. The van der Waals surface area contributed by atoms with Crippen LogP contribution in [-0.2, 0) is 0 Å². The van der Waals surface area contributed by atoms with Gasteiger partial charge in [0.1, 0.15) is 0 Å². The van der Waals surface area contributed by atoms with Crippen molar-refractivity contribution in [2.75, 3.05) is 11.9 Å². The highest BCUT2D eigenvalue weighted by atomic mass is 16.3. The summed E-state index contributed by atoms with van der Waals surface area (Å²) >= 11 is 0. The van der Waals surface area contributed by atoms with Crippen LogP contribution in [0.4, 0.5) is 5.69 Å². The lowest BCUT2D eigenvalue weighted by Gasteiger charge is -2.24. The van der Waals surface area contributed by atoms with Gasteiger partial charge in [0.25, 0.3) is 0 Å². The number of aliphatic hydroxyl groups excluding tert-OH is 1. The molecule has 0 radical (unpaired) electrons. The Kier molecular flexibility index (Phi) is 1.41. The largest absolute Gasteiger partial charge is 0.394 e. The first kappa shape index (κ1) is 7.39. The summed E-state index contributed by atoms with van der Waals surface area (Å²) in [7, 11) is 0. The summed E-state index contributed by atoms with van der Waals surface area (Å²) in [5.74, 6) is 1.40. The molecule has 2 heteroatoms. The summed E-state index contributed by atoms with van der Waals surface area (Å²) in [4.78, 5) is 0. The van der Waals surface area contributed by atoms with Crippen molar-refractivity contribution in [1.82, 2.24) is 0 Å². The van der Waals surface area contributed by atoms with E-state index in [4.69, 9.17) is 5.11 Å². The second kappa shape index (κ2) is 2.48. The summed E-state index contributed by atoms with van der Waals surface area (Å²) in [6.07, 6.45) is 1.25. The molecule has 68 valence electrons. The first-order valence-corrected chi connectivity index (χ1v) is 4.86. The molecule has 0 spiro atoms. The average molecular weight is 175 g/mol. The van der Waals surface area contributed by atoms with Crippen molar-refractivity contribution in [2.24, 2.45) is 5.92 Å². The molecule has 1 aromatic carbocycles. The fraction of sp³-hybridized carbons (Fsp3) is 0.455. The summed E-state index contributed by atoms with van der Waals surface area (Å²) in [5, 5.41) is 12.5. The van der Waals surface area contributed by atoms with Gasteiger partial charge in [0.15, 0.2) is 0 Å². The van der Waals surface area contributed by atoms with Crippen LogP contribution in [0.1, 0.15) is 17.9 Å². The Labute approximate surface area is 77.6 Å². The Morgan fingerprint density at radius 1 is 1.38 bits per heavy atom. The standard InChI is InChI=1S/C11H13NO/c13-6-11-9-5-8(9)7-3-1-2-4-10(7)12-11/h1-4,8-9,11-13H,5-6H2.